The summed E-state index contributed by atoms with van der Waals surface area (Å²) < 4.78 is 25.6. The zero-order valence-electron chi connectivity index (χ0n) is 14.9. The number of aryl methyl sites for hydroxylation is 1. The summed E-state index contributed by atoms with van der Waals surface area (Å²) in [6.45, 7) is 7.37. The van der Waals surface area contributed by atoms with Crippen molar-refractivity contribution >= 4 is 0 Å². The van der Waals surface area contributed by atoms with Crippen molar-refractivity contribution in [2.45, 2.75) is 71.8 Å². The van der Waals surface area contributed by atoms with Gasteiger partial charge in [-0.3, -0.25) is 0 Å². The number of ether oxygens (including phenoxy) is 2. The standard InChI is InChI=1S/C19H32FNO2/c1-4-8-16(21)10-7-9-15-13-18(22-11-5-2)19(14-17(15)20)23-12-6-3/h13-14,16H,4-12,21H2,1-3H3. The van der Waals surface area contributed by atoms with Crippen LogP contribution in [0.5, 0.6) is 11.5 Å². The lowest BCUT2D eigenvalue weighted by atomic mass is 10.0. The molecule has 0 bridgehead atoms. The van der Waals surface area contributed by atoms with Crippen molar-refractivity contribution in [3.63, 3.8) is 0 Å². The van der Waals surface area contributed by atoms with Crippen molar-refractivity contribution in [1.82, 2.24) is 0 Å². The Kier molecular flexibility index (Phi) is 9.69. The molecule has 0 heterocycles. The molecule has 1 aromatic carbocycles. The van der Waals surface area contributed by atoms with E-state index in [1.807, 2.05) is 13.8 Å². The number of nitrogens with two attached hydrogens (primary N) is 1. The third-order valence-corrected chi connectivity index (χ3v) is 3.72. The molecule has 23 heavy (non-hydrogen) atoms. The van der Waals surface area contributed by atoms with Crippen LogP contribution in [0.3, 0.4) is 0 Å². The SMILES string of the molecule is CCCOc1cc(F)c(CCCC(N)CCC)cc1OCCC. The number of hydrogen-bond acceptors (Lipinski definition) is 3. The van der Waals surface area contributed by atoms with Gasteiger partial charge in [-0.05, 0) is 50.2 Å². The molecule has 1 unspecified atom stereocenters. The number of benzene rings is 1. The summed E-state index contributed by atoms with van der Waals surface area (Å²) in [5.41, 5.74) is 6.71. The van der Waals surface area contributed by atoms with E-state index in [9.17, 15) is 4.39 Å². The second-order valence-electron chi connectivity index (χ2n) is 6.03. The van der Waals surface area contributed by atoms with Gasteiger partial charge in [0.2, 0.25) is 0 Å². The van der Waals surface area contributed by atoms with Crippen molar-refractivity contribution in [2.75, 3.05) is 13.2 Å². The molecule has 2 N–H and O–H groups in total. The Labute approximate surface area is 140 Å². The van der Waals surface area contributed by atoms with Crippen LogP contribution in [-0.4, -0.2) is 19.3 Å². The molecule has 0 aromatic heterocycles. The van der Waals surface area contributed by atoms with Gasteiger partial charge in [0.05, 0.1) is 13.2 Å². The quantitative estimate of drug-likeness (QED) is 0.597. The Hall–Kier alpha value is -1.29. The van der Waals surface area contributed by atoms with E-state index < -0.39 is 0 Å². The van der Waals surface area contributed by atoms with Crippen LogP contribution in [0.15, 0.2) is 12.1 Å². The molecule has 0 amide bonds. The third-order valence-electron chi connectivity index (χ3n) is 3.72. The third kappa shape index (κ3) is 7.21. The van der Waals surface area contributed by atoms with Crippen molar-refractivity contribution in [3.8, 4) is 11.5 Å². The fourth-order valence-corrected chi connectivity index (χ4v) is 2.49. The summed E-state index contributed by atoms with van der Waals surface area (Å²) in [4.78, 5) is 0. The van der Waals surface area contributed by atoms with Gasteiger partial charge in [-0.25, -0.2) is 4.39 Å². The van der Waals surface area contributed by atoms with Crippen LogP contribution < -0.4 is 15.2 Å². The van der Waals surface area contributed by atoms with Crippen LogP contribution in [-0.2, 0) is 6.42 Å². The van der Waals surface area contributed by atoms with Gasteiger partial charge in [-0.1, -0.05) is 27.2 Å². The molecular formula is C19H32FNO2. The maximum absolute atomic E-state index is 14.3. The average molecular weight is 325 g/mol. The van der Waals surface area contributed by atoms with Crippen LogP contribution in [0, 0.1) is 5.82 Å². The molecule has 0 aliphatic heterocycles. The zero-order chi connectivity index (χ0) is 17.1. The summed E-state index contributed by atoms with van der Waals surface area (Å²) in [7, 11) is 0. The lowest BCUT2D eigenvalue weighted by molar-refractivity contribution is 0.266. The van der Waals surface area contributed by atoms with Crippen LogP contribution in [0.1, 0.15) is 64.9 Å². The molecule has 3 nitrogen and oxygen atoms in total. The Bertz CT molecular complexity index is 451. The van der Waals surface area contributed by atoms with Gasteiger partial charge in [-0.15, -0.1) is 0 Å². The summed E-state index contributed by atoms with van der Waals surface area (Å²) in [6, 6.07) is 3.47. The van der Waals surface area contributed by atoms with Gasteiger partial charge < -0.3 is 15.2 Å². The molecule has 0 saturated carbocycles. The topological polar surface area (TPSA) is 44.5 Å². The first kappa shape index (κ1) is 19.8. The summed E-state index contributed by atoms with van der Waals surface area (Å²) in [6.07, 6.45) is 6.40. The second-order valence-corrected chi connectivity index (χ2v) is 6.03. The molecule has 1 rings (SSSR count). The summed E-state index contributed by atoms with van der Waals surface area (Å²) in [5.74, 6) is 0.933. The first-order valence-electron chi connectivity index (χ1n) is 8.95. The van der Waals surface area contributed by atoms with E-state index in [0.717, 1.165) is 38.5 Å². The maximum atomic E-state index is 14.3. The van der Waals surface area contributed by atoms with Gasteiger partial charge in [0, 0.05) is 12.1 Å². The van der Waals surface area contributed by atoms with Gasteiger partial charge in [-0.2, -0.15) is 0 Å². The predicted molar refractivity (Wildman–Crippen MR) is 93.8 cm³/mol. The highest BCUT2D eigenvalue weighted by atomic mass is 19.1. The average Bonchev–Trinajstić information content (AvgIpc) is 2.53. The highest BCUT2D eigenvalue weighted by molar-refractivity contribution is 5.44. The Morgan fingerprint density at radius 1 is 0.957 bits per heavy atom. The Morgan fingerprint density at radius 2 is 1.57 bits per heavy atom. The van der Waals surface area contributed by atoms with E-state index in [0.29, 0.717) is 36.7 Å². The molecule has 0 radical (unpaired) electrons. The number of rotatable bonds is 12. The summed E-state index contributed by atoms with van der Waals surface area (Å²) >= 11 is 0. The van der Waals surface area contributed by atoms with Crippen LogP contribution in [0.4, 0.5) is 4.39 Å². The van der Waals surface area contributed by atoms with E-state index in [1.54, 1.807) is 6.07 Å². The van der Waals surface area contributed by atoms with Crippen LogP contribution >= 0.6 is 0 Å². The molecule has 1 aromatic rings. The van der Waals surface area contributed by atoms with Crippen molar-refractivity contribution in [3.05, 3.63) is 23.5 Å². The van der Waals surface area contributed by atoms with E-state index in [1.165, 1.54) is 6.07 Å². The van der Waals surface area contributed by atoms with Gasteiger partial charge in [0.15, 0.2) is 11.5 Å². The monoisotopic (exact) mass is 325 g/mol. The number of hydrogen-bond donors (Lipinski definition) is 1. The zero-order valence-corrected chi connectivity index (χ0v) is 14.9. The van der Waals surface area contributed by atoms with E-state index in [-0.39, 0.29) is 11.9 Å². The van der Waals surface area contributed by atoms with Crippen molar-refractivity contribution in [2.24, 2.45) is 5.73 Å². The lowest BCUT2D eigenvalue weighted by Crippen LogP contribution is -2.19. The van der Waals surface area contributed by atoms with Gasteiger partial charge in [0.25, 0.3) is 0 Å². The fourth-order valence-electron chi connectivity index (χ4n) is 2.49. The highest BCUT2D eigenvalue weighted by Crippen LogP contribution is 2.31. The molecule has 0 fully saturated rings. The van der Waals surface area contributed by atoms with E-state index >= 15 is 0 Å². The Morgan fingerprint density at radius 3 is 2.13 bits per heavy atom. The van der Waals surface area contributed by atoms with Crippen molar-refractivity contribution < 1.29 is 13.9 Å². The van der Waals surface area contributed by atoms with Gasteiger partial charge >= 0.3 is 0 Å². The Balaban J connectivity index is 2.74. The normalized spacial score (nSPS) is 12.2. The molecule has 1 atom stereocenters. The number of halogens is 1. The van der Waals surface area contributed by atoms with Gasteiger partial charge in [0.1, 0.15) is 5.82 Å². The largest absolute Gasteiger partial charge is 0.490 e. The summed E-state index contributed by atoms with van der Waals surface area (Å²) in [5, 5.41) is 0. The molecule has 4 heteroatoms. The molecule has 0 aliphatic carbocycles. The van der Waals surface area contributed by atoms with E-state index in [2.05, 4.69) is 6.92 Å². The van der Waals surface area contributed by atoms with Crippen LogP contribution in [0.2, 0.25) is 0 Å². The van der Waals surface area contributed by atoms with Crippen LogP contribution in [0.25, 0.3) is 0 Å². The maximum Gasteiger partial charge on any atom is 0.164 e. The lowest BCUT2D eigenvalue weighted by Gasteiger charge is -2.15. The minimum absolute atomic E-state index is 0.214. The molecule has 0 saturated heterocycles. The predicted octanol–water partition coefficient (Wildman–Crippen LogP) is 4.85. The first-order chi connectivity index (χ1) is 11.1. The smallest absolute Gasteiger partial charge is 0.164 e. The fraction of sp³-hybridized carbons (Fsp3) is 0.684. The molecule has 132 valence electrons. The molecule has 0 spiro atoms. The molecular weight excluding hydrogens is 293 g/mol. The highest BCUT2D eigenvalue weighted by Gasteiger charge is 2.13. The second kappa shape index (κ2) is 11.3. The molecule has 0 aliphatic rings. The minimum Gasteiger partial charge on any atom is -0.490 e. The first-order valence-corrected chi connectivity index (χ1v) is 8.95. The van der Waals surface area contributed by atoms with E-state index in [4.69, 9.17) is 15.2 Å². The minimum atomic E-state index is -0.219. The van der Waals surface area contributed by atoms with Crippen molar-refractivity contribution in [1.29, 1.82) is 0 Å².